The number of alkyl halides is 1. The van der Waals surface area contributed by atoms with E-state index < -0.39 is 0 Å². The molecular formula is C18H18FIN2S. The van der Waals surface area contributed by atoms with Crippen LogP contribution in [0.2, 0.25) is 0 Å². The summed E-state index contributed by atoms with van der Waals surface area (Å²) in [6.07, 6.45) is 0. The van der Waals surface area contributed by atoms with Gasteiger partial charge in [-0.2, -0.15) is 0 Å². The first-order chi connectivity index (χ1) is 11.2. The predicted octanol–water partition coefficient (Wildman–Crippen LogP) is 4.73. The van der Waals surface area contributed by atoms with Crippen LogP contribution in [0.25, 0.3) is 0 Å². The van der Waals surface area contributed by atoms with Crippen LogP contribution >= 0.6 is 34.4 Å². The Morgan fingerprint density at radius 2 is 1.70 bits per heavy atom. The summed E-state index contributed by atoms with van der Waals surface area (Å²) in [6, 6.07) is 17.2. The molecule has 0 radical (unpaired) electrons. The van der Waals surface area contributed by atoms with Gasteiger partial charge in [-0.1, -0.05) is 76.8 Å². The molecule has 2 aromatic rings. The smallest absolute Gasteiger partial charge is 0.160 e. The molecule has 1 aliphatic rings. The lowest BCUT2D eigenvalue weighted by molar-refractivity contribution is 0.414. The number of rotatable bonds is 5. The van der Waals surface area contributed by atoms with E-state index in [2.05, 4.69) is 51.8 Å². The predicted molar refractivity (Wildman–Crippen MR) is 105 cm³/mol. The second-order valence-electron chi connectivity index (χ2n) is 5.49. The minimum absolute atomic E-state index is 0.194. The first-order valence-electron chi connectivity index (χ1n) is 7.55. The van der Waals surface area contributed by atoms with Crippen molar-refractivity contribution in [3.05, 3.63) is 71.5 Å². The molecule has 0 bridgehead atoms. The number of hydrogen-bond donors (Lipinski definition) is 0. The van der Waals surface area contributed by atoms with Crippen molar-refractivity contribution in [3.8, 4) is 0 Å². The number of benzene rings is 2. The Morgan fingerprint density at radius 3 is 2.30 bits per heavy atom. The summed E-state index contributed by atoms with van der Waals surface area (Å²) in [5.41, 5.74) is 2.36. The van der Waals surface area contributed by atoms with E-state index in [1.165, 1.54) is 17.7 Å². The SMILES string of the molecule is Fc1ccc(CN(Cc2ccccc2)C2=NC[C@@H](CI)S2)cc1. The van der Waals surface area contributed by atoms with E-state index in [1.807, 2.05) is 30.0 Å². The van der Waals surface area contributed by atoms with Gasteiger partial charge in [0.2, 0.25) is 0 Å². The maximum Gasteiger partial charge on any atom is 0.160 e. The van der Waals surface area contributed by atoms with Gasteiger partial charge in [0, 0.05) is 22.8 Å². The van der Waals surface area contributed by atoms with E-state index in [-0.39, 0.29) is 5.82 Å². The van der Waals surface area contributed by atoms with Gasteiger partial charge in [0.15, 0.2) is 5.17 Å². The molecule has 0 saturated heterocycles. The van der Waals surface area contributed by atoms with Crippen molar-refractivity contribution in [2.24, 2.45) is 4.99 Å². The van der Waals surface area contributed by atoms with E-state index >= 15 is 0 Å². The average Bonchev–Trinajstić information content (AvgIpc) is 3.06. The lowest BCUT2D eigenvalue weighted by atomic mass is 10.2. The molecule has 0 amide bonds. The van der Waals surface area contributed by atoms with Crippen molar-refractivity contribution < 1.29 is 4.39 Å². The lowest BCUT2D eigenvalue weighted by Gasteiger charge is -2.24. The van der Waals surface area contributed by atoms with Gasteiger partial charge < -0.3 is 4.90 Å². The first-order valence-corrected chi connectivity index (χ1v) is 9.95. The molecule has 0 saturated carbocycles. The molecule has 1 aliphatic heterocycles. The highest BCUT2D eigenvalue weighted by Crippen LogP contribution is 2.27. The van der Waals surface area contributed by atoms with Crippen LogP contribution in [0.1, 0.15) is 11.1 Å². The van der Waals surface area contributed by atoms with E-state index in [4.69, 9.17) is 4.99 Å². The summed E-state index contributed by atoms with van der Waals surface area (Å²) >= 11 is 4.27. The molecule has 0 aromatic heterocycles. The number of nitrogens with zero attached hydrogens (tertiary/aromatic N) is 2. The van der Waals surface area contributed by atoms with Crippen molar-refractivity contribution in [3.63, 3.8) is 0 Å². The molecule has 2 aromatic carbocycles. The van der Waals surface area contributed by atoms with Gasteiger partial charge in [0.25, 0.3) is 0 Å². The molecule has 1 heterocycles. The van der Waals surface area contributed by atoms with Crippen LogP contribution in [0.15, 0.2) is 59.6 Å². The van der Waals surface area contributed by atoms with Crippen molar-refractivity contribution in [2.45, 2.75) is 18.3 Å². The third-order valence-electron chi connectivity index (χ3n) is 3.65. The number of thioether (sulfide) groups is 1. The zero-order chi connectivity index (χ0) is 16.1. The highest BCUT2D eigenvalue weighted by Gasteiger charge is 2.23. The molecule has 0 aliphatic carbocycles. The Hall–Kier alpha value is -1.08. The zero-order valence-electron chi connectivity index (χ0n) is 12.7. The van der Waals surface area contributed by atoms with Gasteiger partial charge >= 0.3 is 0 Å². The topological polar surface area (TPSA) is 15.6 Å². The zero-order valence-corrected chi connectivity index (χ0v) is 15.6. The molecule has 2 nitrogen and oxygen atoms in total. The van der Waals surface area contributed by atoms with E-state index in [0.717, 1.165) is 34.8 Å². The molecule has 5 heteroatoms. The van der Waals surface area contributed by atoms with Gasteiger partial charge in [0.1, 0.15) is 5.82 Å². The Bertz CT molecular complexity index is 660. The molecule has 3 rings (SSSR count). The van der Waals surface area contributed by atoms with Crippen molar-refractivity contribution in [2.75, 3.05) is 11.0 Å². The molecule has 120 valence electrons. The normalized spacial score (nSPS) is 17.1. The Balaban J connectivity index is 1.77. The number of hydrogen-bond acceptors (Lipinski definition) is 3. The molecule has 23 heavy (non-hydrogen) atoms. The Kier molecular flexibility index (Phi) is 5.94. The molecule has 0 fully saturated rings. The summed E-state index contributed by atoms with van der Waals surface area (Å²) in [6.45, 7) is 2.45. The summed E-state index contributed by atoms with van der Waals surface area (Å²) in [5, 5.41) is 1.66. The maximum absolute atomic E-state index is 13.1. The number of amidine groups is 1. The highest BCUT2D eigenvalue weighted by atomic mass is 127. The van der Waals surface area contributed by atoms with Gasteiger partial charge in [0.05, 0.1) is 6.54 Å². The molecule has 0 spiro atoms. The van der Waals surface area contributed by atoms with Crippen LogP contribution in [0.5, 0.6) is 0 Å². The molecule has 0 unspecified atom stereocenters. The lowest BCUT2D eigenvalue weighted by Crippen LogP contribution is -2.27. The van der Waals surface area contributed by atoms with E-state index in [1.54, 1.807) is 0 Å². The summed E-state index contributed by atoms with van der Waals surface area (Å²) in [4.78, 5) is 7.02. The second-order valence-corrected chi connectivity index (χ2v) is 7.63. The van der Waals surface area contributed by atoms with Crippen LogP contribution in [-0.2, 0) is 13.1 Å². The third kappa shape index (κ3) is 4.70. The van der Waals surface area contributed by atoms with Crippen molar-refractivity contribution in [1.29, 1.82) is 0 Å². The highest BCUT2D eigenvalue weighted by molar-refractivity contribution is 14.1. The summed E-state index contributed by atoms with van der Waals surface area (Å²) < 4.78 is 14.2. The average molecular weight is 440 g/mol. The van der Waals surface area contributed by atoms with Gasteiger partial charge in [-0.25, -0.2) is 4.39 Å². The molecule has 0 N–H and O–H groups in total. The van der Waals surface area contributed by atoms with Gasteiger partial charge in [-0.15, -0.1) is 0 Å². The number of halogens is 2. The largest absolute Gasteiger partial charge is 0.343 e. The monoisotopic (exact) mass is 440 g/mol. The second kappa shape index (κ2) is 8.15. The molecule has 1 atom stereocenters. The number of aliphatic imine (C=N–C) groups is 1. The van der Waals surface area contributed by atoms with Crippen molar-refractivity contribution in [1.82, 2.24) is 4.90 Å². The standard InChI is InChI=1S/C18H18FIN2S/c19-16-8-6-15(7-9-16)13-22(12-14-4-2-1-3-5-14)18-21-11-17(10-20)23-18/h1-9,17H,10-13H2/t17-/m1/s1. The van der Waals surface area contributed by atoms with E-state index in [9.17, 15) is 4.39 Å². The van der Waals surface area contributed by atoms with Crippen LogP contribution in [0.4, 0.5) is 4.39 Å². The minimum Gasteiger partial charge on any atom is -0.343 e. The fraction of sp³-hybridized carbons (Fsp3) is 0.278. The van der Waals surface area contributed by atoms with E-state index in [0.29, 0.717) is 5.25 Å². The third-order valence-corrected chi connectivity index (χ3v) is 6.56. The quantitative estimate of drug-likeness (QED) is 0.494. The Morgan fingerprint density at radius 1 is 1.04 bits per heavy atom. The Labute approximate surface area is 154 Å². The van der Waals surface area contributed by atoms with Crippen LogP contribution < -0.4 is 0 Å². The fourth-order valence-electron chi connectivity index (χ4n) is 2.46. The van der Waals surface area contributed by atoms with Crippen LogP contribution in [0, 0.1) is 5.82 Å². The minimum atomic E-state index is -0.194. The molecular weight excluding hydrogens is 422 g/mol. The fourth-order valence-corrected chi connectivity index (χ4v) is 4.22. The van der Waals surface area contributed by atoms with Crippen LogP contribution in [0.3, 0.4) is 0 Å². The van der Waals surface area contributed by atoms with Crippen LogP contribution in [-0.4, -0.2) is 26.3 Å². The summed E-state index contributed by atoms with van der Waals surface area (Å²) in [5.74, 6) is -0.194. The first kappa shape index (κ1) is 16.8. The maximum atomic E-state index is 13.1. The van der Waals surface area contributed by atoms with Gasteiger partial charge in [-0.05, 0) is 23.3 Å². The van der Waals surface area contributed by atoms with Crippen molar-refractivity contribution >= 4 is 39.5 Å². The van der Waals surface area contributed by atoms with Gasteiger partial charge in [-0.3, -0.25) is 4.99 Å². The summed E-state index contributed by atoms with van der Waals surface area (Å²) in [7, 11) is 0.